The van der Waals surface area contributed by atoms with Gasteiger partial charge in [-0.2, -0.15) is 10.2 Å². The van der Waals surface area contributed by atoms with E-state index in [-0.39, 0.29) is 11.4 Å². The van der Waals surface area contributed by atoms with Crippen LogP contribution in [0.1, 0.15) is 32.4 Å². The number of carbonyl (C=O) groups excluding carboxylic acids is 1. The first kappa shape index (κ1) is 12.6. The van der Waals surface area contributed by atoms with Crippen molar-refractivity contribution in [3.63, 3.8) is 0 Å². The van der Waals surface area contributed by atoms with Crippen LogP contribution in [0.25, 0.3) is 0 Å². The van der Waals surface area contributed by atoms with Crippen LogP contribution in [0, 0.1) is 0 Å². The van der Waals surface area contributed by atoms with E-state index in [0.29, 0.717) is 19.4 Å². The van der Waals surface area contributed by atoms with E-state index < -0.39 is 0 Å². The van der Waals surface area contributed by atoms with Gasteiger partial charge in [-0.25, -0.2) is 0 Å². The number of hydrogen-bond donors (Lipinski definition) is 2. The number of rotatable bonds is 5. The number of nitrogens with one attached hydrogen (secondary N) is 1. The Morgan fingerprint density at radius 3 is 2.88 bits per heavy atom. The minimum Gasteiger partial charge on any atom is -0.350 e. The Balaban J connectivity index is 2.26. The molecule has 0 aliphatic heterocycles. The molecule has 1 rings (SSSR count). The molecule has 0 saturated carbocycles. The maximum atomic E-state index is 11.4. The van der Waals surface area contributed by atoms with Crippen LogP contribution in [0.2, 0.25) is 0 Å². The highest BCUT2D eigenvalue weighted by atomic mass is 16.1. The second-order valence-corrected chi connectivity index (χ2v) is 4.48. The van der Waals surface area contributed by atoms with Gasteiger partial charge in [-0.1, -0.05) is 0 Å². The average Bonchev–Trinajstić information content (AvgIpc) is 2.24. The van der Waals surface area contributed by atoms with Crippen LogP contribution >= 0.6 is 0 Å². The topological polar surface area (TPSA) is 80.9 Å². The summed E-state index contributed by atoms with van der Waals surface area (Å²) in [6.07, 6.45) is 2.70. The minimum atomic E-state index is -0.302. The van der Waals surface area contributed by atoms with Crippen LogP contribution in [-0.4, -0.2) is 21.6 Å². The van der Waals surface area contributed by atoms with Gasteiger partial charge < -0.3 is 11.1 Å². The summed E-state index contributed by atoms with van der Waals surface area (Å²) in [6, 6.07) is 3.61. The normalized spacial score (nSPS) is 11.2. The highest BCUT2D eigenvalue weighted by Crippen LogP contribution is 2.06. The molecule has 0 aliphatic rings. The van der Waals surface area contributed by atoms with E-state index in [1.54, 1.807) is 12.3 Å². The molecule has 3 N–H and O–H groups in total. The van der Waals surface area contributed by atoms with Crippen LogP contribution in [0.4, 0.5) is 0 Å². The maximum Gasteiger partial charge on any atom is 0.220 e. The average molecular weight is 222 g/mol. The molecule has 16 heavy (non-hydrogen) atoms. The Morgan fingerprint density at radius 2 is 2.31 bits per heavy atom. The van der Waals surface area contributed by atoms with Gasteiger partial charge in [0.1, 0.15) is 0 Å². The molecule has 0 spiro atoms. The lowest BCUT2D eigenvalue weighted by Crippen LogP contribution is -2.34. The molecule has 5 heteroatoms. The number of nitrogens with two attached hydrogens (primary N) is 1. The number of aromatic nitrogens is 2. The van der Waals surface area contributed by atoms with Crippen LogP contribution in [0.15, 0.2) is 18.3 Å². The summed E-state index contributed by atoms with van der Waals surface area (Å²) in [4.78, 5) is 11.4. The van der Waals surface area contributed by atoms with E-state index in [4.69, 9.17) is 5.73 Å². The molecule has 0 unspecified atom stereocenters. The lowest BCUT2D eigenvalue weighted by molar-refractivity contribution is -0.121. The van der Waals surface area contributed by atoms with E-state index in [0.717, 1.165) is 5.69 Å². The van der Waals surface area contributed by atoms with Crippen molar-refractivity contribution in [2.24, 2.45) is 5.73 Å². The maximum absolute atomic E-state index is 11.4. The summed E-state index contributed by atoms with van der Waals surface area (Å²) < 4.78 is 0. The van der Waals surface area contributed by atoms with Gasteiger partial charge in [0.25, 0.3) is 0 Å². The van der Waals surface area contributed by atoms with Gasteiger partial charge in [0.2, 0.25) is 5.91 Å². The zero-order valence-electron chi connectivity index (χ0n) is 9.73. The number of hydrogen-bond acceptors (Lipinski definition) is 4. The highest BCUT2D eigenvalue weighted by molar-refractivity contribution is 5.75. The van der Waals surface area contributed by atoms with E-state index in [2.05, 4.69) is 15.5 Å². The van der Waals surface area contributed by atoms with Gasteiger partial charge in [-0.05, 0) is 32.4 Å². The number of amides is 1. The first-order valence-corrected chi connectivity index (χ1v) is 5.29. The largest absolute Gasteiger partial charge is 0.350 e. The Labute approximate surface area is 95.4 Å². The molecular formula is C11H18N4O. The van der Waals surface area contributed by atoms with Crippen LogP contribution in [0.3, 0.4) is 0 Å². The Hall–Kier alpha value is -1.49. The van der Waals surface area contributed by atoms with E-state index in [9.17, 15) is 4.79 Å². The molecule has 0 atom stereocenters. The first-order chi connectivity index (χ1) is 7.47. The molecule has 1 heterocycles. The minimum absolute atomic E-state index is 0.0100. The Bertz CT molecular complexity index is 332. The van der Waals surface area contributed by atoms with Gasteiger partial charge >= 0.3 is 0 Å². The first-order valence-electron chi connectivity index (χ1n) is 5.29. The fourth-order valence-corrected chi connectivity index (χ4v) is 1.14. The van der Waals surface area contributed by atoms with Crippen molar-refractivity contribution in [3.05, 3.63) is 24.0 Å². The highest BCUT2D eigenvalue weighted by Gasteiger charge is 2.12. The Kier molecular flexibility index (Phi) is 4.37. The van der Waals surface area contributed by atoms with E-state index in [1.165, 1.54) is 0 Å². The molecule has 5 nitrogen and oxygen atoms in total. The zero-order chi connectivity index (χ0) is 12.0. The molecular weight excluding hydrogens is 204 g/mol. The van der Waals surface area contributed by atoms with E-state index >= 15 is 0 Å². The lowest BCUT2D eigenvalue weighted by Gasteiger charge is -2.17. The van der Waals surface area contributed by atoms with Crippen molar-refractivity contribution < 1.29 is 4.79 Å². The zero-order valence-corrected chi connectivity index (χ0v) is 9.73. The number of carbonyl (C=O) groups is 1. The molecule has 0 aromatic carbocycles. The van der Waals surface area contributed by atoms with Gasteiger partial charge in [0, 0.05) is 18.2 Å². The summed E-state index contributed by atoms with van der Waals surface area (Å²) in [6.45, 7) is 4.23. The fourth-order valence-electron chi connectivity index (χ4n) is 1.14. The summed E-state index contributed by atoms with van der Waals surface area (Å²) in [5.74, 6) is -0.0100. The van der Waals surface area contributed by atoms with Crippen molar-refractivity contribution in [1.82, 2.24) is 15.5 Å². The number of nitrogens with zero attached hydrogens (tertiary/aromatic N) is 2. The quantitative estimate of drug-likeness (QED) is 0.765. The summed E-state index contributed by atoms with van der Waals surface area (Å²) in [5, 5.41) is 10.4. The lowest BCUT2D eigenvalue weighted by atomic mass is 10.00. The van der Waals surface area contributed by atoms with Crippen molar-refractivity contribution in [2.45, 2.75) is 38.8 Å². The molecule has 0 fully saturated rings. The third-order valence-corrected chi connectivity index (χ3v) is 2.09. The summed E-state index contributed by atoms with van der Waals surface area (Å²) in [7, 11) is 0. The van der Waals surface area contributed by atoms with Crippen LogP contribution in [0.5, 0.6) is 0 Å². The molecule has 1 aromatic rings. The standard InChI is InChI=1S/C11H18N4O/c1-11(2,12)6-5-10(16)13-8-9-4-3-7-14-15-9/h3-4,7H,5-6,8,12H2,1-2H3,(H,13,16). The molecule has 1 amide bonds. The molecule has 88 valence electrons. The smallest absolute Gasteiger partial charge is 0.220 e. The molecule has 0 radical (unpaired) electrons. The van der Waals surface area contributed by atoms with Crippen LogP contribution < -0.4 is 11.1 Å². The van der Waals surface area contributed by atoms with Gasteiger partial charge in [-0.3, -0.25) is 4.79 Å². The summed E-state index contributed by atoms with van der Waals surface area (Å²) >= 11 is 0. The predicted octanol–water partition coefficient (Wildman–Crippen LogP) is 0.610. The predicted molar refractivity (Wildman–Crippen MR) is 61.4 cm³/mol. The van der Waals surface area contributed by atoms with Crippen molar-refractivity contribution >= 4 is 5.91 Å². The SMILES string of the molecule is CC(C)(N)CCC(=O)NCc1cccnn1. The van der Waals surface area contributed by atoms with Crippen molar-refractivity contribution in [2.75, 3.05) is 0 Å². The van der Waals surface area contributed by atoms with Gasteiger partial charge in [-0.15, -0.1) is 0 Å². The molecule has 0 aliphatic carbocycles. The third-order valence-electron chi connectivity index (χ3n) is 2.09. The van der Waals surface area contributed by atoms with Crippen LogP contribution in [-0.2, 0) is 11.3 Å². The second kappa shape index (κ2) is 5.55. The monoisotopic (exact) mass is 222 g/mol. The third kappa shape index (κ3) is 5.41. The molecule has 1 aromatic heterocycles. The van der Waals surface area contributed by atoms with Gasteiger partial charge in [0.05, 0.1) is 12.2 Å². The fraction of sp³-hybridized carbons (Fsp3) is 0.545. The van der Waals surface area contributed by atoms with Crippen molar-refractivity contribution in [1.29, 1.82) is 0 Å². The van der Waals surface area contributed by atoms with Crippen molar-refractivity contribution in [3.8, 4) is 0 Å². The van der Waals surface area contributed by atoms with E-state index in [1.807, 2.05) is 19.9 Å². The Morgan fingerprint density at radius 1 is 1.56 bits per heavy atom. The van der Waals surface area contributed by atoms with Gasteiger partial charge in [0.15, 0.2) is 0 Å². The second-order valence-electron chi connectivity index (χ2n) is 4.48. The summed E-state index contributed by atoms with van der Waals surface area (Å²) in [5.41, 5.74) is 6.24. The molecule has 0 saturated heterocycles. The molecule has 0 bridgehead atoms.